The zero-order valence-electron chi connectivity index (χ0n) is 20.9. The number of carbonyl (C=O) groups is 1. The van der Waals surface area contributed by atoms with E-state index in [-0.39, 0.29) is 23.6 Å². The number of aryl methyl sites for hydroxylation is 2. The van der Waals surface area contributed by atoms with Crippen LogP contribution in [0.1, 0.15) is 47.8 Å². The van der Waals surface area contributed by atoms with Crippen molar-refractivity contribution in [3.63, 3.8) is 0 Å². The SMILES string of the molecule is CCS(=O)c1ccc(CC(=O)Nc2cc(C)c(C3(c4noc(-c5ccc(F)cc5)n4)CC3)c(C)c2)cn1. The molecule has 1 aliphatic rings. The van der Waals surface area contributed by atoms with E-state index in [9.17, 15) is 13.4 Å². The van der Waals surface area contributed by atoms with E-state index in [1.165, 1.54) is 12.1 Å². The number of aromatic nitrogens is 3. The number of hydrogen-bond acceptors (Lipinski definition) is 6. The zero-order chi connectivity index (χ0) is 26.2. The molecule has 0 saturated heterocycles. The Kier molecular flexibility index (Phi) is 6.72. The molecule has 1 saturated carbocycles. The lowest BCUT2D eigenvalue weighted by Gasteiger charge is -2.19. The number of nitrogens with one attached hydrogen (secondary N) is 1. The van der Waals surface area contributed by atoms with Crippen LogP contribution in [-0.4, -0.2) is 31.0 Å². The summed E-state index contributed by atoms with van der Waals surface area (Å²) in [4.78, 5) is 21.6. The van der Waals surface area contributed by atoms with Crippen LogP contribution in [-0.2, 0) is 27.4 Å². The van der Waals surface area contributed by atoms with E-state index in [0.717, 1.165) is 40.8 Å². The third-order valence-corrected chi connectivity index (χ3v) is 7.88. The molecule has 190 valence electrons. The van der Waals surface area contributed by atoms with Crippen LogP contribution in [0.4, 0.5) is 10.1 Å². The van der Waals surface area contributed by atoms with Gasteiger partial charge in [-0.25, -0.2) is 9.37 Å². The van der Waals surface area contributed by atoms with Gasteiger partial charge in [0.25, 0.3) is 5.89 Å². The minimum atomic E-state index is -1.12. The van der Waals surface area contributed by atoms with Crippen molar-refractivity contribution in [3.05, 3.63) is 88.6 Å². The fourth-order valence-electron chi connectivity index (χ4n) is 4.82. The first-order chi connectivity index (χ1) is 17.8. The Labute approximate surface area is 217 Å². The molecule has 37 heavy (non-hydrogen) atoms. The maximum atomic E-state index is 13.3. The molecular weight excluding hydrogens is 491 g/mol. The largest absolute Gasteiger partial charge is 0.334 e. The average molecular weight is 519 g/mol. The van der Waals surface area contributed by atoms with E-state index in [1.807, 2.05) is 32.9 Å². The summed E-state index contributed by atoms with van der Waals surface area (Å²) in [5, 5.41) is 7.78. The van der Waals surface area contributed by atoms with Gasteiger partial charge in [-0.15, -0.1) is 0 Å². The Morgan fingerprint density at radius 3 is 2.41 bits per heavy atom. The monoisotopic (exact) mass is 518 g/mol. The summed E-state index contributed by atoms with van der Waals surface area (Å²) in [6.07, 6.45) is 3.57. The molecule has 2 aromatic heterocycles. The van der Waals surface area contributed by atoms with E-state index in [4.69, 9.17) is 4.52 Å². The van der Waals surface area contributed by atoms with Crippen LogP contribution >= 0.6 is 0 Å². The molecule has 1 unspecified atom stereocenters. The van der Waals surface area contributed by atoms with Gasteiger partial charge >= 0.3 is 0 Å². The second kappa shape index (κ2) is 9.97. The summed E-state index contributed by atoms with van der Waals surface area (Å²) in [6, 6.07) is 13.4. The third-order valence-electron chi connectivity index (χ3n) is 6.65. The molecule has 0 aliphatic heterocycles. The lowest BCUT2D eigenvalue weighted by Crippen LogP contribution is -2.17. The van der Waals surface area contributed by atoms with Gasteiger partial charge in [-0.05, 0) is 91.4 Å². The van der Waals surface area contributed by atoms with Gasteiger partial charge in [-0.2, -0.15) is 4.98 Å². The molecule has 4 aromatic rings. The molecule has 5 rings (SSSR count). The van der Waals surface area contributed by atoms with E-state index in [2.05, 4.69) is 20.4 Å². The van der Waals surface area contributed by atoms with Crippen LogP contribution in [0, 0.1) is 19.7 Å². The van der Waals surface area contributed by atoms with Gasteiger partial charge in [0, 0.05) is 23.2 Å². The summed E-state index contributed by atoms with van der Waals surface area (Å²) < 4.78 is 30.7. The smallest absolute Gasteiger partial charge is 0.257 e. The Morgan fingerprint density at radius 2 is 1.81 bits per heavy atom. The van der Waals surface area contributed by atoms with Crippen molar-refractivity contribution in [2.24, 2.45) is 0 Å². The lowest BCUT2D eigenvalue weighted by atomic mass is 9.87. The second-order valence-corrected chi connectivity index (χ2v) is 11.0. The van der Waals surface area contributed by atoms with Crippen LogP contribution in [0.5, 0.6) is 0 Å². The van der Waals surface area contributed by atoms with E-state index in [0.29, 0.717) is 28.1 Å². The maximum absolute atomic E-state index is 13.3. The molecule has 1 N–H and O–H groups in total. The number of benzene rings is 2. The van der Waals surface area contributed by atoms with Gasteiger partial charge in [-0.3, -0.25) is 9.00 Å². The summed E-state index contributed by atoms with van der Waals surface area (Å²) in [5.74, 6) is 1.02. The van der Waals surface area contributed by atoms with Crippen molar-refractivity contribution >= 4 is 22.4 Å². The highest BCUT2D eigenvalue weighted by atomic mass is 32.2. The first-order valence-corrected chi connectivity index (χ1v) is 13.5. The minimum Gasteiger partial charge on any atom is -0.334 e. The van der Waals surface area contributed by atoms with Gasteiger partial charge in [-0.1, -0.05) is 18.1 Å². The molecule has 1 atom stereocenters. The fraction of sp³-hybridized carbons (Fsp3) is 0.286. The number of nitrogens with zero attached hydrogens (tertiary/aromatic N) is 3. The Hall–Kier alpha value is -3.72. The fourth-order valence-corrected chi connectivity index (χ4v) is 5.50. The van der Waals surface area contributed by atoms with Crippen LogP contribution in [0.25, 0.3) is 11.5 Å². The number of amides is 1. The first-order valence-electron chi connectivity index (χ1n) is 12.1. The third kappa shape index (κ3) is 5.09. The highest BCUT2D eigenvalue weighted by Crippen LogP contribution is 2.54. The first kappa shape index (κ1) is 25.0. The van der Waals surface area contributed by atoms with E-state index < -0.39 is 10.8 Å². The Bertz CT molecular complexity index is 1460. The molecule has 1 amide bonds. The molecular formula is C28H27FN4O3S. The molecule has 7 nitrogen and oxygen atoms in total. The van der Waals surface area contributed by atoms with Crippen LogP contribution in [0.3, 0.4) is 0 Å². The molecule has 2 heterocycles. The molecule has 0 radical (unpaired) electrons. The van der Waals surface area contributed by atoms with Crippen molar-refractivity contribution in [2.45, 2.75) is 50.5 Å². The number of halogens is 1. The predicted octanol–water partition coefficient (Wildman–Crippen LogP) is 5.28. The van der Waals surface area contributed by atoms with Gasteiger partial charge in [0.15, 0.2) is 5.82 Å². The molecule has 0 spiro atoms. The van der Waals surface area contributed by atoms with Gasteiger partial charge in [0.05, 0.1) is 22.6 Å². The standard InChI is InChI=1S/C28H27FN4O3S/c1-4-37(35)24-10-5-19(16-30-24)15-23(34)31-22-13-17(2)25(18(3)14-22)28(11-12-28)27-32-26(36-33-27)20-6-8-21(29)9-7-20/h5-10,13-14,16H,4,11-12,15H2,1-3H3,(H,31,34). The molecule has 1 aliphatic carbocycles. The zero-order valence-corrected chi connectivity index (χ0v) is 21.7. The van der Waals surface area contributed by atoms with Crippen LogP contribution in [0.2, 0.25) is 0 Å². The highest BCUT2D eigenvalue weighted by Gasteiger charge is 2.51. The molecule has 9 heteroatoms. The van der Waals surface area contributed by atoms with Crippen LogP contribution < -0.4 is 5.32 Å². The quantitative estimate of drug-likeness (QED) is 0.341. The van der Waals surface area contributed by atoms with Crippen molar-refractivity contribution in [1.29, 1.82) is 0 Å². The summed E-state index contributed by atoms with van der Waals surface area (Å²) in [5.41, 5.74) is 5.03. The predicted molar refractivity (Wildman–Crippen MR) is 139 cm³/mol. The summed E-state index contributed by atoms with van der Waals surface area (Å²) in [7, 11) is -1.12. The van der Waals surface area contributed by atoms with Gasteiger partial charge in [0.2, 0.25) is 5.91 Å². The molecule has 1 fully saturated rings. The molecule has 0 bridgehead atoms. The topological polar surface area (TPSA) is 98.0 Å². The second-order valence-electron chi connectivity index (χ2n) is 9.36. The lowest BCUT2D eigenvalue weighted by molar-refractivity contribution is -0.115. The number of rotatable bonds is 8. The van der Waals surface area contributed by atoms with E-state index in [1.54, 1.807) is 30.5 Å². The number of anilines is 1. The van der Waals surface area contributed by atoms with Gasteiger partial charge in [0.1, 0.15) is 10.8 Å². The number of pyridine rings is 1. The van der Waals surface area contributed by atoms with Gasteiger partial charge < -0.3 is 9.84 Å². The normalized spacial score (nSPS) is 14.8. The Balaban J connectivity index is 1.32. The summed E-state index contributed by atoms with van der Waals surface area (Å²) >= 11 is 0. The maximum Gasteiger partial charge on any atom is 0.257 e. The van der Waals surface area contributed by atoms with Crippen LogP contribution in [0.15, 0.2) is 64.3 Å². The number of hydrogen-bond donors (Lipinski definition) is 1. The average Bonchev–Trinajstić information content (AvgIpc) is 3.50. The van der Waals surface area contributed by atoms with Crippen molar-refractivity contribution in [2.75, 3.05) is 11.1 Å². The van der Waals surface area contributed by atoms with Crippen molar-refractivity contribution < 1.29 is 17.9 Å². The van der Waals surface area contributed by atoms with Crippen molar-refractivity contribution in [3.8, 4) is 11.5 Å². The van der Waals surface area contributed by atoms with Crippen molar-refractivity contribution in [1.82, 2.24) is 15.1 Å². The minimum absolute atomic E-state index is 0.152. The van der Waals surface area contributed by atoms with E-state index >= 15 is 0 Å². The summed E-state index contributed by atoms with van der Waals surface area (Å²) in [6.45, 7) is 5.89. The molecule has 2 aromatic carbocycles. The Morgan fingerprint density at radius 1 is 1.11 bits per heavy atom. The number of carbonyl (C=O) groups excluding carboxylic acids is 1. The highest BCUT2D eigenvalue weighted by molar-refractivity contribution is 7.84.